The maximum atomic E-state index is 12.7. The van der Waals surface area contributed by atoms with Crippen LogP contribution in [0.2, 0.25) is 0 Å². The minimum atomic E-state index is -1.13. The van der Waals surface area contributed by atoms with Gasteiger partial charge in [-0.25, -0.2) is 4.79 Å². The predicted molar refractivity (Wildman–Crippen MR) is 118 cm³/mol. The first-order valence-electron chi connectivity index (χ1n) is 10.5. The average molecular weight is 454 g/mol. The number of rotatable bonds is 10. The lowest BCUT2D eigenvalue weighted by molar-refractivity contribution is -0.766. The fourth-order valence-corrected chi connectivity index (χ4v) is 3.18. The molecule has 0 saturated carbocycles. The van der Waals surface area contributed by atoms with Gasteiger partial charge < -0.3 is 20.5 Å². The minimum absolute atomic E-state index is 0.0753. The molecule has 174 valence electrons. The average Bonchev–Trinajstić information content (AvgIpc) is 3.28. The summed E-state index contributed by atoms with van der Waals surface area (Å²) < 4.78 is 12.4. The van der Waals surface area contributed by atoms with Crippen LogP contribution in [-0.4, -0.2) is 46.7 Å². The number of ether oxygens (including phenoxy) is 2. The number of aromatic amines is 1. The second kappa shape index (κ2) is 10.8. The van der Waals surface area contributed by atoms with Gasteiger partial charge in [0.1, 0.15) is 11.1 Å². The van der Waals surface area contributed by atoms with E-state index in [9.17, 15) is 9.59 Å². The summed E-state index contributed by atoms with van der Waals surface area (Å²) in [4.78, 5) is 25.4. The van der Waals surface area contributed by atoms with E-state index in [4.69, 9.17) is 15.2 Å². The highest BCUT2D eigenvalue weighted by atomic mass is 16.5. The molecule has 3 rings (SSSR count). The van der Waals surface area contributed by atoms with Gasteiger partial charge in [-0.1, -0.05) is 65.9 Å². The SMILES string of the molecule is COC(=O)C(c1ccccc1)[n+]1[nH]nnc1[C@@H](COCc1ccccc1)NC(=O)C(C)(C)N. The molecule has 0 aliphatic carbocycles. The van der Waals surface area contributed by atoms with Gasteiger partial charge in [0.2, 0.25) is 11.9 Å². The number of carbonyl (C=O) groups is 2. The standard InChI is InChI=1S/C23H28N6O4/c1-23(2,24)22(31)25-18(15-33-14-16-10-6-4-7-11-16)20-26-27-28-29(20)19(21(30)32-3)17-12-8-5-9-13-17/h4-13,18-19H,14-15,24H2,1-3H3,(H,25,31)/p+1/t18-,19?/m1/s1. The van der Waals surface area contributed by atoms with E-state index in [2.05, 4.69) is 20.8 Å². The highest BCUT2D eigenvalue weighted by Gasteiger charge is 2.38. The molecule has 4 N–H and O–H groups in total. The van der Waals surface area contributed by atoms with Crippen molar-refractivity contribution in [2.75, 3.05) is 13.7 Å². The lowest BCUT2D eigenvalue weighted by Gasteiger charge is -2.23. The summed E-state index contributed by atoms with van der Waals surface area (Å²) in [5, 5.41) is 13.6. The Bertz CT molecular complexity index is 1050. The number of carbonyl (C=O) groups excluding carboxylic acids is 2. The molecule has 3 aromatic rings. The molecule has 0 bridgehead atoms. The Labute approximate surface area is 192 Å². The van der Waals surface area contributed by atoms with Crippen LogP contribution in [0.1, 0.15) is 42.9 Å². The second-order valence-electron chi connectivity index (χ2n) is 8.11. The van der Waals surface area contributed by atoms with E-state index in [0.29, 0.717) is 18.0 Å². The van der Waals surface area contributed by atoms with Crippen molar-refractivity contribution < 1.29 is 23.7 Å². The van der Waals surface area contributed by atoms with Crippen LogP contribution in [0.15, 0.2) is 60.7 Å². The number of nitrogens with two attached hydrogens (primary N) is 1. The van der Waals surface area contributed by atoms with Crippen LogP contribution in [0.3, 0.4) is 0 Å². The topological polar surface area (TPSA) is 136 Å². The number of hydrogen-bond acceptors (Lipinski definition) is 7. The number of esters is 1. The van der Waals surface area contributed by atoms with Crippen LogP contribution in [0.25, 0.3) is 0 Å². The van der Waals surface area contributed by atoms with Gasteiger partial charge in [0.25, 0.3) is 0 Å². The smallest absolute Gasteiger partial charge is 0.350 e. The van der Waals surface area contributed by atoms with Crippen molar-refractivity contribution >= 4 is 11.9 Å². The Morgan fingerprint density at radius 2 is 1.76 bits per heavy atom. The number of nitrogens with zero attached hydrogens (tertiary/aromatic N) is 3. The van der Waals surface area contributed by atoms with Crippen molar-refractivity contribution in [1.29, 1.82) is 0 Å². The zero-order valence-corrected chi connectivity index (χ0v) is 18.9. The van der Waals surface area contributed by atoms with Crippen molar-refractivity contribution in [2.24, 2.45) is 5.73 Å². The Balaban J connectivity index is 1.92. The first-order chi connectivity index (χ1) is 15.8. The van der Waals surface area contributed by atoms with Crippen molar-refractivity contribution in [3.8, 4) is 0 Å². The molecule has 0 aliphatic heterocycles. The highest BCUT2D eigenvalue weighted by Crippen LogP contribution is 2.17. The van der Waals surface area contributed by atoms with Gasteiger partial charge in [0, 0.05) is 5.56 Å². The molecule has 0 fully saturated rings. The van der Waals surface area contributed by atoms with Crippen molar-refractivity contribution in [1.82, 2.24) is 20.8 Å². The fourth-order valence-electron chi connectivity index (χ4n) is 3.18. The molecule has 0 aliphatic rings. The number of tetrazole rings is 1. The predicted octanol–water partition coefficient (Wildman–Crippen LogP) is 0.966. The molecular formula is C23H29N6O4+. The normalized spacial score (nSPS) is 13.2. The van der Waals surface area contributed by atoms with E-state index in [1.54, 1.807) is 26.0 Å². The summed E-state index contributed by atoms with van der Waals surface area (Å²) in [6.07, 6.45) is 0. The van der Waals surface area contributed by atoms with E-state index < -0.39 is 29.5 Å². The van der Waals surface area contributed by atoms with Gasteiger partial charge in [-0.15, -0.1) is 4.68 Å². The number of benzene rings is 2. The van der Waals surface area contributed by atoms with Crippen molar-refractivity contribution in [3.05, 3.63) is 77.6 Å². The molecule has 1 unspecified atom stereocenters. The molecule has 10 heteroatoms. The Morgan fingerprint density at radius 3 is 2.36 bits per heavy atom. The largest absolute Gasteiger partial charge is 0.466 e. The molecule has 1 amide bonds. The van der Waals surface area contributed by atoms with Crippen molar-refractivity contribution in [2.45, 2.75) is 38.1 Å². The first-order valence-corrected chi connectivity index (χ1v) is 10.5. The summed E-state index contributed by atoms with van der Waals surface area (Å²) in [7, 11) is 1.31. The summed E-state index contributed by atoms with van der Waals surface area (Å²) in [5.74, 6) is -0.632. The van der Waals surface area contributed by atoms with Gasteiger partial charge >= 0.3 is 11.8 Å². The van der Waals surface area contributed by atoms with Crippen LogP contribution in [-0.2, 0) is 25.7 Å². The Hall–Kier alpha value is -3.63. The summed E-state index contributed by atoms with van der Waals surface area (Å²) >= 11 is 0. The van der Waals surface area contributed by atoms with Crippen molar-refractivity contribution in [3.63, 3.8) is 0 Å². The minimum Gasteiger partial charge on any atom is -0.466 e. The summed E-state index contributed by atoms with van der Waals surface area (Å²) in [5.41, 5.74) is 6.49. The Kier molecular flexibility index (Phi) is 7.86. The Morgan fingerprint density at radius 1 is 1.12 bits per heavy atom. The van der Waals surface area contributed by atoms with Gasteiger partial charge in [0.05, 0.1) is 25.9 Å². The molecule has 0 radical (unpaired) electrons. The highest BCUT2D eigenvalue weighted by molar-refractivity contribution is 5.85. The number of H-pyrrole nitrogens is 1. The number of aromatic nitrogens is 4. The molecule has 1 aromatic heterocycles. The lowest BCUT2D eigenvalue weighted by atomic mass is 10.1. The zero-order chi connectivity index (χ0) is 23.8. The fraction of sp³-hybridized carbons (Fsp3) is 0.348. The second-order valence-corrected chi connectivity index (χ2v) is 8.11. The molecule has 2 atom stereocenters. The van der Waals surface area contributed by atoms with Crippen LogP contribution >= 0.6 is 0 Å². The molecular weight excluding hydrogens is 424 g/mol. The third kappa shape index (κ3) is 6.21. The quantitative estimate of drug-likeness (QED) is 0.307. The molecule has 10 nitrogen and oxygen atoms in total. The van der Waals surface area contributed by atoms with Crippen LogP contribution < -0.4 is 15.7 Å². The van der Waals surface area contributed by atoms with Gasteiger partial charge in [-0.05, 0) is 19.4 Å². The third-order valence-electron chi connectivity index (χ3n) is 4.95. The zero-order valence-electron chi connectivity index (χ0n) is 18.9. The maximum absolute atomic E-state index is 12.7. The van der Waals surface area contributed by atoms with E-state index in [1.807, 2.05) is 48.5 Å². The number of methoxy groups -OCH3 is 1. The van der Waals surface area contributed by atoms with Gasteiger partial charge in [-0.2, -0.15) is 0 Å². The number of hydrogen-bond donors (Lipinski definition) is 3. The number of nitrogens with one attached hydrogen (secondary N) is 2. The van der Waals surface area contributed by atoms with Gasteiger partial charge in [0.15, 0.2) is 5.21 Å². The van der Waals surface area contributed by atoms with E-state index in [1.165, 1.54) is 11.8 Å². The molecule has 0 saturated heterocycles. The molecule has 2 aromatic carbocycles. The summed E-state index contributed by atoms with van der Waals surface area (Å²) in [6.45, 7) is 3.60. The molecule has 0 spiro atoms. The van der Waals surface area contributed by atoms with Crippen LogP contribution in [0, 0.1) is 0 Å². The van der Waals surface area contributed by atoms with Crippen LogP contribution in [0.4, 0.5) is 0 Å². The molecule has 33 heavy (non-hydrogen) atoms. The third-order valence-corrected chi connectivity index (χ3v) is 4.95. The van der Waals surface area contributed by atoms with E-state index in [0.717, 1.165) is 5.56 Å². The monoisotopic (exact) mass is 453 g/mol. The summed E-state index contributed by atoms with van der Waals surface area (Å²) in [6, 6.07) is 17.1. The molecule has 1 heterocycles. The van der Waals surface area contributed by atoms with E-state index in [-0.39, 0.29) is 6.61 Å². The first kappa shape index (κ1) is 24.0. The van der Waals surface area contributed by atoms with E-state index >= 15 is 0 Å². The number of amides is 1. The van der Waals surface area contributed by atoms with Crippen LogP contribution in [0.5, 0.6) is 0 Å². The van der Waals surface area contributed by atoms with Gasteiger partial charge in [-0.3, -0.25) is 4.79 Å². The lowest BCUT2D eigenvalue weighted by Crippen LogP contribution is -2.55. The maximum Gasteiger partial charge on any atom is 0.350 e.